The summed E-state index contributed by atoms with van der Waals surface area (Å²) >= 11 is 0. The number of carbonyl (C=O) groups is 2. The Balaban J connectivity index is 1.39. The third-order valence-corrected chi connectivity index (χ3v) is 7.32. The van der Waals surface area contributed by atoms with Crippen molar-refractivity contribution >= 4 is 62.4 Å². The summed E-state index contributed by atoms with van der Waals surface area (Å²) in [5.74, 6) is 1.28. The van der Waals surface area contributed by atoms with Crippen molar-refractivity contribution in [1.82, 2.24) is 25.2 Å². The summed E-state index contributed by atoms with van der Waals surface area (Å²) < 4.78 is 5.70. The second-order valence-corrected chi connectivity index (χ2v) is 10.4. The zero-order valence-electron chi connectivity index (χ0n) is 23.9. The third kappa shape index (κ3) is 5.06. The number of nitrogens with one attached hydrogen (secondary N) is 4. The van der Waals surface area contributed by atoms with Crippen LogP contribution < -0.4 is 25.6 Å². The lowest BCUT2D eigenvalue weighted by molar-refractivity contribution is -0.119. The third-order valence-electron chi connectivity index (χ3n) is 7.32. The highest BCUT2D eigenvalue weighted by molar-refractivity contribution is 6.06. The van der Waals surface area contributed by atoms with Crippen molar-refractivity contribution in [2.45, 2.75) is 6.42 Å². The van der Waals surface area contributed by atoms with Gasteiger partial charge in [-0.25, -0.2) is 0 Å². The molecule has 5 aromatic rings. The average molecular weight is 565 g/mol. The van der Waals surface area contributed by atoms with Gasteiger partial charge in [0.1, 0.15) is 17.2 Å². The van der Waals surface area contributed by atoms with Gasteiger partial charge in [-0.2, -0.15) is 9.97 Å². The molecule has 0 saturated heterocycles. The van der Waals surface area contributed by atoms with Crippen LogP contribution in [0.1, 0.15) is 15.9 Å². The SMILES string of the molecule is CNC(=O)c1cc2ccccc2cc1Nc1nc(Nc2cc3c(cc2OC)CCN3C(=O)CN(C)C)nc2[nH]ccc12. The first kappa shape index (κ1) is 27.0. The van der Waals surface area contributed by atoms with Gasteiger partial charge in [0.05, 0.1) is 36.0 Å². The van der Waals surface area contributed by atoms with Crippen LogP contribution in [0.4, 0.5) is 28.8 Å². The van der Waals surface area contributed by atoms with Gasteiger partial charge in [-0.05, 0) is 67.2 Å². The van der Waals surface area contributed by atoms with Crippen molar-refractivity contribution in [2.75, 3.05) is 56.9 Å². The van der Waals surface area contributed by atoms with E-state index < -0.39 is 0 Å². The van der Waals surface area contributed by atoms with Crippen molar-refractivity contribution in [1.29, 1.82) is 0 Å². The summed E-state index contributed by atoms with van der Waals surface area (Å²) in [6.07, 6.45) is 2.54. The maximum absolute atomic E-state index is 12.9. The maximum Gasteiger partial charge on any atom is 0.253 e. The number of carbonyl (C=O) groups excluding carboxylic acids is 2. The Bertz CT molecular complexity index is 1830. The van der Waals surface area contributed by atoms with Crippen molar-refractivity contribution in [3.8, 4) is 5.75 Å². The summed E-state index contributed by atoms with van der Waals surface area (Å²) in [5, 5.41) is 12.1. The number of methoxy groups -OCH3 is 1. The molecule has 3 aromatic carbocycles. The van der Waals surface area contributed by atoms with E-state index >= 15 is 0 Å². The van der Waals surface area contributed by atoms with E-state index in [2.05, 4.69) is 25.9 Å². The highest BCUT2D eigenvalue weighted by Gasteiger charge is 2.27. The van der Waals surface area contributed by atoms with E-state index in [0.29, 0.717) is 53.2 Å². The van der Waals surface area contributed by atoms with E-state index in [4.69, 9.17) is 9.72 Å². The monoisotopic (exact) mass is 564 g/mol. The molecule has 0 radical (unpaired) electrons. The Morgan fingerprint density at radius 1 is 1.02 bits per heavy atom. The highest BCUT2D eigenvalue weighted by Crippen LogP contribution is 2.39. The number of hydrogen-bond acceptors (Lipinski definition) is 8. The van der Waals surface area contributed by atoms with E-state index in [0.717, 1.165) is 33.8 Å². The van der Waals surface area contributed by atoms with Gasteiger partial charge in [0.25, 0.3) is 5.91 Å². The maximum atomic E-state index is 12.9. The molecule has 0 unspecified atom stereocenters. The van der Waals surface area contributed by atoms with Crippen LogP contribution in [0.25, 0.3) is 21.8 Å². The zero-order valence-corrected chi connectivity index (χ0v) is 23.9. The van der Waals surface area contributed by atoms with E-state index in [1.54, 1.807) is 20.4 Å². The average Bonchev–Trinajstić information content (AvgIpc) is 3.62. The molecular weight excluding hydrogens is 532 g/mol. The standard InChI is InChI=1S/C31H32N8O3/c1-32-30(41)22-13-18-7-5-6-8-19(18)14-23(22)34-29-21-9-11-33-28(21)36-31(37-29)35-24-16-25-20(15-26(24)42-4)10-12-39(25)27(40)17-38(2)3/h5-9,11,13-16H,10,12,17H2,1-4H3,(H,32,41)(H3,33,34,35,36,37). The highest BCUT2D eigenvalue weighted by atomic mass is 16.5. The number of aromatic amines is 1. The second-order valence-electron chi connectivity index (χ2n) is 10.4. The van der Waals surface area contributed by atoms with E-state index in [1.807, 2.05) is 78.5 Å². The number of anilines is 5. The molecule has 11 heteroatoms. The minimum atomic E-state index is -0.211. The van der Waals surface area contributed by atoms with Gasteiger partial charge in [0.2, 0.25) is 11.9 Å². The van der Waals surface area contributed by atoms with Gasteiger partial charge >= 0.3 is 0 Å². The summed E-state index contributed by atoms with van der Waals surface area (Å²) in [5.41, 5.74) is 4.25. The molecular formula is C31H32N8O3. The molecule has 42 heavy (non-hydrogen) atoms. The molecule has 6 rings (SSSR count). The molecule has 2 amide bonds. The molecule has 0 saturated carbocycles. The largest absolute Gasteiger partial charge is 0.495 e. The van der Waals surface area contributed by atoms with Gasteiger partial charge < -0.3 is 35.5 Å². The molecule has 0 aliphatic carbocycles. The van der Waals surface area contributed by atoms with Gasteiger partial charge in [0.15, 0.2) is 0 Å². The first-order chi connectivity index (χ1) is 20.3. The number of aromatic nitrogens is 3. The molecule has 2 aromatic heterocycles. The fraction of sp³-hybridized carbons (Fsp3) is 0.226. The van der Waals surface area contributed by atoms with Gasteiger partial charge in [-0.3, -0.25) is 9.59 Å². The molecule has 4 N–H and O–H groups in total. The molecule has 3 heterocycles. The smallest absolute Gasteiger partial charge is 0.253 e. The fourth-order valence-corrected chi connectivity index (χ4v) is 5.30. The van der Waals surface area contributed by atoms with Crippen molar-refractivity contribution in [2.24, 2.45) is 0 Å². The molecule has 0 spiro atoms. The van der Waals surface area contributed by atoms with Crippen LogP contribution in [0.5, 0.6) is 5.75 Å². The minimum Gasteiger partial charge on any atom is -0.495 e. The molecule has 0 atom stereocenters. The Morgan fingerprint density at radius 3 is 2.55 bits per heavy atom. The van der Waals surface area contributed by atoms with Crippen LogP contribution in [0.15, 0.2) is 60.8 Å². The van der Waals surface area contributed by atoms with Crippen LogP contribution in [-0.4, -0.2) is 73.0 Å². The molecule has 0 bridgehead atoms. The summed E-state index contributed by atoms with van der Waals surface area (Å²) in [6, 6.07) is 17.4. The normalized spacial score (nSPS) is 12.5. The Morgan fingerprint density at radius 2 is 1.81 bits per heavy atom. The van der Waals surface area contributed by atoms with Crippen LogP contribution >= 0.6 is 0 Å². The number of benzene rings is 3. The molecule has 1 aliphatic rings. The van der Waals surface area contributed by atoms with Crippen molar-refractivity contribution in [3.63, 3.8) is 0 Å². The molecule has 1 aliphatic heterocycles. The lowest BCUT2D eigenvalue weighted by Crippen LogP contribution is -2.36. The number of nitrogens with zero attached hydrogens (tertiary/aromatic N) is 4. The molecule has 11 nitrogen and oxygen atoms in total. The van der Waals surface area contributed by atoms with Crippen LogP contribution in [0, 0.1) is 0 Å². The quantitative estimate of drug-likeness (QED) is 0.218. The summed E-state index contributed by atoms with van der Waals surface area (Å²) in [7, 11) is 6.98. The number of hydrogen-bond donors (Lipinski definition) is 4. The van der Waals surface area contributed by atoms with Crippen LogP contribution in [0.3, 0.4) is 0 Å². The summed E-state index contributed by atoms with van der Waals surface area (Å²) in [6.45, 7) is 0.940. The molecule has 0 fully saturated rings. The van der Waals surface area contributed by atoms with Crippen LogP contribution in [0.2, 0.25) is 0 Å². The zero-order chi connectivity index (χ0) is 29.4. The first-order valence-electron chi connectivity index (χ1n) is 13.6. The Kier molecular flexibility index (Phi) is 7.09. The number of rotatable bonds is 8. The number of H-pyrrole nitrogens is 1. The van der Waals surface area contributed by atoms with E-state index in [9.17, 15) is 9.59 Å². The van der Waals surface area contributed by atoms with Gasteiger partial charge in [-0.15, -0.1) is 0 Å². The van der Waals surface area contributed by atoms with Crippen molar-refractivity contribution in [3.05, 3.63) is 71.9 Å². The predicted molar refractivity (Wildman–Crippen MR) is 165 cm³/mol. The predicted octanol–water partition coefficient (Wildman–Crippen LogP) is 4.42. The summed E-state index contributed by atoms with van der Waals surface area (Å²) in [4.78, 5) is 42.1. The lowest BCUT2D eigenvalue weighted by Gasteiger charge is -2.21. The fourth-order valence-electron chi connectivity index (χ4n) is 5.30. The second kappa shape index (κ2) is 11.0. The van der Waals surface area contributed by atoms with Crippen molar-refractivity contribution < 1.29 is 14.3 Å². The number of amides is 2. The number of likely N-dealkylation sites (N-methyl/N-ethyl adjacent to an activating group) is 1. The van der Waals surface area contributed by atoms with E-state index in [1.165, 1.54) is 0 Å². The van der Waals surface area contributed by atoms with Crippen LogP contribution in [-0.2, 0) is 11.2 Å². The lowest BCUT2D eigenvalue weighted by atomic mass is 10.0. The minimum absolute atomic E-state index is 0.0349. The van der Waals surface area contributed by atoms with Gasteiger partial charge in [0, 0.05) is 25.5 Å². The first-order valence-corrected chi connectivity index (χ1v) is 13.6. The number of fused-ring (bicyclic) bond motifs is 3. The van der Waals surface area contributed by atoms with E-state index in [-0.39, 0.29) is 11.8 Å². The number of ether oxygens (including phenoxy) is 1. The Hall–Kier alpha value is -5.16. The molecule has 214 valence electrons. The van der Waals surface area contributed by atoms with Gasteiger partial charge in [-0.1, -0.05) is 24.3 Å². The Labute approximate surface area is 242 Å². The topological polar surface area (TPSA) is 128 Å².